The lowest BCUT2D eigenvalue weighted by molar-refractivity contribution is 0.368. The van der Waals surface area contributed by atoms with Crippen molar-refractivity contribution in [2.45, 2.75) is 45.4 Å². The van der Waals surface area contributed by atoms with Gasteiger partial charge in [0.05, 0.1) is 14.2 Å². The summed E-state index contributed by atoms with van der Waals surface area (Å²) in [6, 6.07) is 9.26. The summed E-state index contributed by atoms with van der Waals surface area (Å²) in [7, 11) is 3.10. The Bertz CT molecular complexity index is 720. The molecule has 0 amide bonds. The Morgan fingerprint density at radius 3 is 2.04 bits per heavy atom. The van der Waals surface area contributed by atoms with E-state index in [4.69, 9.17) is 9.47 Å². The lowest BCUT2D eigenvalue weighted by atomic mass is 9.86. The number of aromatic hydroxyl groups is 2. The predicted octanol–water partition coefficient (Wildman–Crippen LogP) is 5.17. The van der Waals surface area contributed by atoms with Gasteiger partial charge in [-0.25, -0.2) is 0 Å². The van der Waals surface area contributed by atoms with Gasteiger partial charge in [0.25, 0.3) is 0 Å². The van der Waals surface area contributed by atoms with Gasteiger partial charge in [0.15, 0.2) is 23.0 Å². The van der Waals surface area contributed by atoms with E-state index in [1.165, 1.54) is 12.7 Å². The van der Waals surface area contributed by atoms with Crippen LogP contribution in [0.5, 0.6) is 23.0 Å². The van der Waals surface area contributed by atoms with Gasteiger partial charge in [-0.05, 0) is 48.1 Å². The van der Waals surface area contributed by atoms with Crippen molar-refractivity contribution in [2.75, 3.05) is 14.2 Å². The highest BCUT2D eigenvalue weighted by atomic mass is 16.5. The second-order valence-corrected chi connectivity index (χ2v) is 6.33. The van der Waals surface area contributed by atoms with Crippen LogP contribution in [0, 0.1) is 0 Å². The van der Waals surface area contributed by atoms with Crippen molar-refractivity contribution in [3.05, 3.63) is 47.0 Å². The molecule has 0 aliphatic heterocycles. The fourth-order valence-corrected chi connectivity index (χ4v) is 3.28. The summed E-state index contributed by atoms with van der Waals surface area (Å²) in [5.74, 6) is 1.54. The molecule has 0 heterocycles. The average Bonchev–Trinajstić information content (AvgIpc) is 2.63. The quantitative estimate of drug-likeness (QED) is 0.727. The molecule has 4 heteroatoms. The summed E-state index contributed by atoms with van der Waals surface area (Å²) in [6.45, 7) is 6.36. The third-order valence-electron chi connectivity index (χ3n) is 4.97. The molecular formula is C21H28O4. The molecule has 2 N–H and O–H groups in total. The van der Waals surface area contributed by atoms with E-state index in [0.29, 0.717) is 17.4 Å². The van der Waals surface area contributed by atoms with Gasteiger partial charge >= 0.3 is 0 Å². The monoisotopic (exact) mass is 344 g/mol. The van der Waals surface area contributed by atoms with Crippen molar-refractivity contribution in [1.82, 2.24) is 0 Å². The molecule has 25 heavy (non-hydrogen) atoms. The zero-order chi connectivity index (χ0) is 18.6. The number of ether oxygens (including phenoxy) is 2. The minimum absolute atomic E-state index is 0.0716. The first-order chi connectivity index (χ1) is 12.0. The average molecular weight is 344 g/mol. The molecule has 136 valence electrons. The van der Waals surface area contributed by atoms with Gasteiger partial charge in [0.2, 0.25) is 0 Å². The van der Waals surface area contributed by atoms with E-state index in [1.807, 2.05) is 19.1 Å². The zero-order valence-electron chi connectivity index (χ0n) is 15.7. The smallest absolute Gasteiger partial charge is 0.161 e. The molecular weight excluding hydrogens is 316 g/mol. The summed E-state index contributed by atoms with van der Waals surface area (Å²) in [4.78, 5) is 0. The van der Waals surface area contributed by atoms with E-state index in [2.05, 4.69) is 19.9 Å². The largest absolute Gasteiger partial charge is 0.504 e. The van der Waals surface area contributed by atoms with E-state index in [9.17, 15) is 10.2 Å². The topological polar surface area (TPSA) is 58.9 Å². The summed E-state index contributed by atoms with van der Waals surface area (Å²) < 4.78 is 10.6. The van der Waals surface area contributed by atoms with E-state index in [1.54, 1.807) is 19.2 Å². The number of benzene rings is 2. The molecule has 0 aromatic heterocycles. The number of hydrogen-bond acceptors (Lipinski definition) is 4. The summed E-state index contributed by atoms with van der Waals surface area (Å²) in [5.41, 5.74) is 2.94. The fraction of sp³-hybridized carbons (Fsp3) is 0.429. The molecule has 2 aromatic carbocycles. The zero-order valence-corrected chi connectivity index (χ0v) is 15.7. The molecule has 0 fully saturated rings. The van der Waals surface area contributed by atoms with Gasteiger partial charge in [-0.1, -0.05) is 32.9 Å². The first-order valence-electron chi connectivity index (χ1n) is 8.74. The summed E-state index contributed by atoms with van der Waals surface area (Å²) in [6.07, 6.45) is 2.07. The maximum Gasteiger partial charge on any atom is 0.161 e. The maximum atomic E-state index is 10.6. The van der Waals surface area contributed by atoms with Crippen LogP contribution in [-0.2, 0) is 0 Å². The molecule has 0 radical (unpaired) electrons. The molecule has 0 aliphatic carbocycles. The molecule has 1 unspecified atom stereocenters. The van der Waals surface area contributed by atoms with Crippen LogP contribution >= 0.6 is 0 Å². The molecule has 0 saturated carbocycles. The number of rotatable bonds is 7. The van der Waals surface area contributed by atoms with E-state index in [0.717, 1.165) is 24.0 Å². The minimum atomic E-state index is -0.0716. The first kappa shape index (κ1) is 19.0. The van der Waals surface area contributed by atoms with Gasteiger partial charge in [0.1, 0.15) is 0 Å². The highest BCUT2D eigenvalue weighted by Gasteiger charge is 2.21. The third-order valence-corrected chi connectivity index (χ3v) is 4.97. The first-order valence-corrected chi connectivity index (χ1v) is 8.74. The molecule has 0 aliphatic rings. The normalized spacial score (nSPS) is 12.2. The van der Waals surface area contributed by atoms with Crippen molar-refractivity contribution in [3.63, 3.8) is 0 Å². The van der Waals surface area contributed by atoms with Gasteiger partial charge < -0.3 is 19.7 Å². The lowest BCUT2D eigenvalue weighted by Gasteiger charge is -2.21. The number of hydrogen-bond donors (Lipinski definition) is 2. The Hall–Kier alpha value is -2.36. The van der Waals surface area contributed by atoms with Crippen LogP contribution in [0.3, 0.4) is 0 Å². The highest BCUT2D eigenvalue weighted by molar-refractivity contribution is 5.54. The Morgan fingerprint density at radius 1 is 0.880 bits per heavy atom. The van der Waals surface area contributed by atoms with Crippen molar-refractivity contribution in [3.8, 4) is 23.0 Å². The van der Waals surface area contributed by atoms with Gasteiger partial charge in [0, 0.05) is 11.5 Å². The van der Waals surface area contributed by atoms with E-state index < -0.39 is 0 Å². The Balaban J connectivity index is 2.54. The minimum Gasteiger partial charge on any atom is -0.504 e. The number of phenols is 2. The molecule has 0 bridgehead atoms. The van der Waals surface area contributed by atoms with Crippen molar-refractivity contribution < 1.29 is 19.7 Å². The molecule has 2 rings (SSSR count). The standard InChI is InChI=1S/C21H28O4/c1-6-14(7-2)16-10-17(21(23)20(12-16)25-5)13(3)15-8-9-18(22)19(11-15)24-4/h8-14,22-23H,6-7H2,1-5H3. The van der Waals surface area contributed by atoms with E-state index in [-0.39, 0.29) is 17.4 Å². The second-order valence-electron chi connectivity index (χ2n) is 6.33. The number of phenolic OH excluding ortho intramolecular Hbond substituents is 2. The molecule has 4 nitrogen and oxygen atoms in total. The predicted molar refractivity (Wildman–Crippen MR) is 100 cm³/mol. The lowest BCUT2D eigenvalue weighted by Crippen LogP contribution is -2.03. The van der Waals surface area contributed by atoms with Crippen LogP contribution in [0.2, 0.25) is 0 Å². The summed E-state index contributed by atoms with van der Waals surface area (Å²) in [5, 5.41) is 20.5. The Morgan fingerprint density at radius 2 is 1.48 bits per heavy atom. The molecule has 1 atom stereocenters. The third kappa shape index (κ3) is 3.84. The Labute approximate surface area is 150 Å². The van der Waals surface area contributed by atoms with Gasteiger partial charge in [-0.15, -0.1) is 0 Å². The molecule has 0 saturated heterocycles. The van der Waals surface area contributed by atoms with E-state index >= 15 is 0 Å². The van der Waals surface area contributed by atoms with Crippen LogP contribution in [0.15, 0.2) is 30.3 Å². The molecule has 0 spiro atoms. The van der Waals surface area contributed by atoms with Gasteiger partial charge in [-0.2, -0.15) is 0 Å². The van der Waals surface area contributed by atoms with Gasteiger partial charge in [-0.3, -0.25) is 0 Å². The van der Waals surface area contributed by atoms with Crippen LogP contribution < -0.4 is 9.47 Å². The fourth-order valence-electron chi connectivity index (χ4n) is 3.28. The van der Waals surface area contributed by atoms with Crippen LogP contribution in [0.1, 0.15) is 62.1 Å². The van der Waals surface area contributed by atoms with Crippen LogP contribution in [0.25, 0.3) is 0 Å². The number of methoxy groups -OCH3 is 2. The maximum absolute atomic E-state index is 10.6. The van der Waals surface area contributed by atoms with Crippen molar-refractivity contribution in [1.29, 1.82) is 0 Å². The van der Waals surface area contributed by atoms with Crippen molar-refractivity contribution >= 4 is 0 Å². The van der Waals surface area contributed by atoms with Crippen molar-refractivity contribution in [2.24, 2.45) is 0 Å². The summed E-state index contributed by atoms with van der Waals surface area (Å²) >= 11 is 0. The van der Waals surface area contributed by atoms with Crippen LogP contribution in [0.4, 0.5) is 0 Å². The Kier molecular flexibility index (Phi) is 6.18. The molecule has 2 aromatic rings. The SMILES string of the molecule is CCC(CC)c1cc(OC)c(O)c(C(C)c2ccc(O)c(OC)c2)c1. The van der Waals surface area contributed by atoms with Crippen LogP contribution in [-0.4, -0.2) is 24.4 Å². The second kappa shape index (κ2) is 8.15. The highest BCUT2D eigenvalue weighted by Crippen LogP contribution is 2.42.